The van der Waals surface area contributed by atoms with Crippen LogP contribution in [0.1, 0.15) is 21.5 Å². The van der Waals surface area contributed by atoms with Crippen LogP contribution in [-0.4, -0.2) is 37.0 Å². The molecule has 126 valence electrons. The van der Waals surface area contributed by atoms with Gasteiger partial charge in [-0.2, -0.15) is 4.80 Å². The number of furan rings is 1. The summed E-state index contributed by atoms with van der Waals surface area (Å²) in [5, 5.41) is 23.8. The van der Waals surface area contributed by atoms with Crippen molar-refractivity contribution in [2.75, 3.05) is 4.90 Å². The molecule has 1 aliphatic rings. The Hall–Kier alpha value is -3.27. The van der Waals surface area contributed by atoms with E-state index in [0.717, 1.165) is 4.90 Å². The number of ketones is 1. The first-order valence-electron chi connectivity index (χ1n) is 7.20. The summed E-state index contributed by atoms with van der Waals surface area (Å²) in [6, 6.07) is 5.73. The van der Waals surface area contributed by atoms with E-state index in [1.54, 1.807) is 25.2 Å². The number of carbonyl (C=O) groups is 2. The summed E-state index contributed by atoms with van der Waals surface area (Å²) in [4.78, 5) is 28.5. The Morgan fingerprint density at radius 2 is 2.20 bits per heavy atom. The molecule has 4 rings (SSSR count). The lowest BCUT2D eigenvalue weighted by atomic mass is 10.0. The second-order valence-electron chi connectivity index (χ2n) is 5.24. The van der Waals surface area contributed by atoms with Crippen molar-refractivity contribution in [2.24, 2.45) is 7.05 Å². The van der Waals surface area contributed by atoms with Gasteiger partial charge in [-0.1, -0.05) is 11.2 Å². The number of anilines is 1. The third-order valence-electron chi connectivity index (χ3n) is 3.72. The highest BCUT2D eigenvalue weighted by molar-refractivity contribution is 7.10. The maximum Gasteiger partial charge on any atom is 0.296 e. The highest BCUT2D eigenvalue weighted by atomic mass is 32.1. The van der Waals surface area contributed by atoms with Crippen molar-refractivity contribution >= 4 is 29.0 Å². The number of aromatic nitrogens is 4. The molecule has 10 heteroatoms. The Balaban J connectivity index is 1.86. The zero-order chi connectivity index (χ0) is 17.6. The van der Waals surface area contributed by atoms with Gasteiger partial charge in [0, 0.05) is 4.88 Å². The van der Waals surface area contributed by atoms with Crippen LogP contribution in [0.3, 0.4) is 0 Å². The maximum absolute atomic E-state index is 12.8. The van der Waals surface area contributed by atoms with Crippen molar-refractivity contribution in [3.8, 4) is 0 Å². The summed E-state index contributed by atoms with van der Waals surface area (Å²) in [6.07, 6.45) is 1.35. The number of rotatable bonds is 4. The van der Waals surface area contributed by atoms with Gasteiger partial charge in [-0.15, -0.1) is 16.4 Å². The number of amides is 1. The van der Waals surface area contributed by atoms with Crippen molar-refractivity contribution < 1.29 is 19.1 Å². The second-order valence-corrected chi connectivity index (χ2v) is 6.22. The molecule has 4 heterocycles. The molecule has 1 unspecified atom stereocenters. The van der Waals surface area contributed by atoms with E-state index in [2.05, 4.69) is 15.4 Å². The Kier molecular flexibility index (Phi) is 3.46. The van der Waals surface area contributed by atoms with Crippen LogP contribution in [0.25, 0.3) is 0 Å². The van der Waals surface area contributed by atoms with E-state index in [1.165, 1.54) is 28.5 Å². The first-order chi connectivity index (χ1) is 12.1. The van der Waals surface area contributed by atoms with Crippen LogP contribution in [0, 0.1) is 0 Å². The van der Waals surface area contributed by atoms with Gasteiger partial charge in [0.05, 0.1) is 18.9 Å². The fourth-order valence-electron chi connectivity index (χ4n) is 2.67. The molecule has 0 radical (unpaired) electrons. The van der Waals surface area contributed by atoms with Crippen LogP contribution < -0.4 is 4.90 Å². The van der Waals surface area contributed by atoms with E-state index < -0.39 is 23.5 Å². The molecule has 0 saturated heterocycles. The molecule has 0 aromatic carbocycles. The number of Topliss-reactive ketones (excluding diaryl/α,β-unsaturated/α-hetero) is 1. The van der Waals surface area contributed by atoms with E-state index in [4.69, 9.17) is 4.42 Å². The highest BCUT2D eigenvalue weighted by Gasteiger charge is 2.47. The van der Waals surface area contributed by atoms with Crippen molar-refractivity contribution in [1.29, 1.82) is 0 Å². The molecule has 1 atom stereocenters. The van der Waals surface area contributed by atoms with E-state index >= 15 is 0 Å². The SMILES string of the molecule is Cn1nnc(N2C(=O)C(O)=C(C(=O)c3ccco3)C2c2cccs2)n1. The average Bonchev–Trinajstić information content (AvgIpc) is 3.36. The molecular weight excluding hydrogens is 346 g/mol. The number of aliphatic hydroxyl groups excluding tert-OH is 1. The summed E-state index contributed by atoms with van der Waals surface area (Å²) in [6.45, 7) is 0. The van der Waals surface area contributed by atoms with Crippen LogP contribution in [0.2, 0.25) is 0 Å². The van der Waals surface area contributed by atoms with E-state index in [1.807, 2.05) is 5.38 Å². The predicted octanol–water partition coefficient (Wildman–Crippen LogP) is 1.65. The van der Waals surface area contributed by atoms with Gasteiger partial charge in [-0.05, 0) is 28.8 Å². The first-order valence-corrected chi connectivity index (χ1v) is 8.08. The van der Waals surface area contributed by atoms with Gasteiger partial charge in [0.25, 0.3) is 11.9 Å². The maximum atomic E-state index is 12.8. The van der Waals surface area contributed by atoms with Crippen molar-refractivity contribution in [1.82, 2.24) is 20.2 Å². The lowest BCUT2D eigenvalue weighted by Crippen LogP contribution is -2.31. The van der Waals surface area contributed by atoms with Gasteiger partial charge < -0.3 is 9.52 Å². The lowest BCUT2D eigenvalue weighted by molar-refractivity contribution is -0.117. The van der Waals surface area contributed by atoms with Crippen LogP contribution in [-0.2, 0) is 11.8 Å². The Bertz CT molecular complexity index is 974. The molecule has 9 nitrogen and oxygen atoms in total. The molecule has 1 N–H and O–H groups in total. The standard InChI is InChI=1S/C15H11N5O4S/c1-19-17-15(16-18-19)20-11(9-5-3-7-25-9)10(13(22)14(20)23)12(21)8-4-2-6-24-8/h2-7,11,22H,1H3. The normalized spacial score (nSPS) is 17.6. The van der Waals surface area contributed by atoms with Gasteiger partial charge in [0.1, 0.15) is 6.04 Å². The van der Waals surface area contributed by atoms with E-state index in [9.17, 15) is 14.7 Å². The number of hydrogen-bond acceptors (Lipinski definition) is 8. The minimum absolute atomic E-state index is 0.000283. The molecule has 1 aliphatic heterocycles. The zero-order valence-electron chi connectivity index (χ0n) is 12.9. The second kappa shape index (κ2) is 5.67. The minimum atomic E-state index is -0.852. The largest absolute Gasteiger partial charge is 0.503 e. The summed E-state index contributed by atoms with van der Waals surface area (Å²) in [7, 11) is 1.55. The fraction of sp³-hybridized carbons (Fsp3) is 0.133. The van der Waals surface area contributed by atoms with E-state index in [-0.39, 0.29) is 17.3 Å². The van der Waals surface area contributed by atoms with Crippen molar-refractivity contribution in [3.63, 3.8) is 0 Å². The Morgan fingerprint density at radius 3 is 2.80 bits per heavy atom. The molecule has 25 heavy (non-hydrogen) atoms. The van der Waals surface area contributed by atoms with Gasteiger partial charge in [0.15, 0.2) is 11.5 Å². The molecule has 0 aliphatic carbocycles. The van der Waals surface area contributed by atoms with Crippen molar-refractivity contribution in [3.05, 3.63) is 57.9 Å². The van der Waals surface area contributed by atoms with Crippen LogP contribution >= 0.6 is 11.3 Å². The third kappa shape index (κ3) is 2.34. The Morgan fingerprint density at radius 1 is 1.36 bits per heavy atom. The quantitative estimate of drug-likeness (QED) is 0.706. The summed E-state index contributed by atoms with van der Waals surface area (Å²) < 4.78 is 5.13. The molecule has 3 aromatic rings. The number of aliphatic hydroxyl groups is 1. The van der Waals surface area contributed by atoms with Crippen molar-refractivity contribution in [2.45, 2.75) is 6.04 Å². The van der Waals surface area contributed by atoms with E-state index in [0.29, 0.717) is 4.88 Å². The molecule has 0 spiro atoms. The van der Waals surface area contributed by atoms with Gasteiger partial charge in [0.2, 0.25) is 5.78 Å². The molecule has 0 bridgehead atoms. The number of tetrazole rings is 1. The molecule has 1 amide bonds. The molecular formula is C15H11N5O4S. The minimum Gasteiger partial charge on any atom is -0.503 e. The topological polar surface area (TPSA) is 114 Å². The number of aryl methyl sites for hydroxylation is 1. The smallest absolute Gasteiger partial charge is 0.296 e. The molecule has 3 aromatic heterocycles. The predicted molar refractivity (Wildman–Crippen MR) is 86.0 cm³/mol. The Labute approximate surface area is 144 Å². The molecule has 0 saturated carbocycles. The monoisotopic (exact) mass is 357 g/mol. The average molecular weight is 357 g/mol. The number of thiophene rings is 1. The summed E-state index contributed by atoms with van der Waals surface area (Å²) in [5.41, 5.74) is -0.0742. The van der Waals surface area contributed by atoms with Crippen LogP contribution in [0.5, 0.6) is 0 Å². The first kappa shape index (κ1) is 15.3. The third-order valence-corrected chi connectivity index (χ3v) is 4.65. The van der Waals surface area contributed by atoms with Crippen LogP contribution in [0.15, 0.2) is 51.7 Å². The number of hydrogen-bond donors (Lipinski definition) is 1. The lowest BCUT2D eigenvalue weighted by Gasteiger charge is -2.21. The van der Waals surface area contributed by atoms with Gasteiger partial charge in [-0.3, -0.25) is 14.5 Å². The zero-order valence-corrected chi connectivity index (χ0v) is 13.7. The van der Waals surface area contributed by atoms with Gasteiger partial charge in [-0.25, -0.2) is 0 Å². The highest BCUT2D eigenvalue weighted by Crippen LogP contribution is 2.42. The number of nitrogens with zero attached hydrogens (tertiary/aromatic N) is 5. The fourth-order valence-corrected chi connectivity index (χ4v) is 3.49. The molecule has 0 fully saturated rings. The summed E-state index contributed by atoms with van der Waals surface area (Å²) >= 11 is 1.34. The van der Waals surface area contributed by atoms with Gasteiger partial charge >= 0.3 is 0 Å². The summed E-state index contributed by atoms with van der Waals surface area (Å²) in [5.74, 6) is -1.95. The number of carbonyl (C=O) groups excluding carboxylic acids is 2. The van der Waals surface area contributed by atoms with Crippen LogP contribution in [0.4, 0.5) is 5.95 Å².